The van der Waals surface area contributed by atoms with Crippen LogP contribution in [0.15, 0.2) is 0 Å². The first-order valence-corrected chi connectivity index (χ1v) is 7.60. The Morgan fingerprint density at radius 1 is 1.37 bits per heavy atom. The van der Waals surface area contributed by atoms with Crippen LogP contribution in [0, 0.1) is 5.41 Å². The van der Waals surface area contributed by atoms with E-state index in [0.29, 0.717) is 18.2 Å². The van der Waals surface area contributed by atoms with Gasteiger partial charge in [-0.2, -0.15) is 0 Å². The first kappa shape index (κ1) is 14.8. The van der Waals surface area contributed by atoms with Gasteiger partial charge in [0.15, 0.2) is 0 Å². The lowest BCUT2D eigenvalue weighted by Gasteiger charge is -2.38. The summed E-state index contributed by atoms with van der Waals surface area (Å²) in [6.45, 7) is 7.97. The Morgan fingerprint density at radius 2 is 2.00 bits per heavy atom. The molecule has 1 N–H and O–H groups in total. The number of carbonyl (C=O) groups is 1. The second-order valence-electron chi connectivity index (χ2n) is 6.44. The van der Waals surface area contributed by atoms with Crippen LogP contribution < -0.4 is 0 Å². The number of carboxylic acid groups (broad SMARTS) is 1. The van der Waals surface area contributed by atoms with E-state index >= 15 is 0 Å². The van der Waals surface area contributed by atoms with Crippen molar-refractivity contribution < 1.29 is 14.6 Å². The number of aliphatic carboxylic acids is 1. The van der Waals surface area contributed by atoms with Crippen LogP contribution in [0.3, 0.4) is 0 Å². The number of hydrogen-bond acceptors (Lipinski definition) is 3. The van der Waals surface area contributed by atoms with E-state index in [4.69, 9.17) is 4.74 Å². The minimum atomic E-state index is -0.606. The average Bonchev–Trinajstić information content (AvgIpc) is 2.74. The van der Waals surface area contributed by atoms with Crippen LogP contribution in [0.1, 0.15) is 52.9 Å². The highest BCUT2D eigenvalue weighted by atomic mass is 16.5. The standard InChI is InChI=1S/C15H27NO3/c1-4-5-15(14(17)18)6-7-16(10-15)13-8-11(2)19-12(3)9-13/h11-13H,4-10H2,1-3H3,(H,17,18). The van der Waals surface area contributed by atoms with E-state index in [0.717, 1.165) is 45.2 Å². The molecule has 0 aliphatic carbocycles. The van der Waals surface area contributed by atoms with Crippen molar-refractivity contribution in [2.24, 2.45) is 5.41 Å². The monoisotopic (exact) mass is 269 g/mol. The predicted molar refractivity (Wildman–Crippen MR) is 74.2 cm³/mol. The number of ether oxygens (including phenoxy) is 1. The fraction of sp³-hybridized carbons (Fsp3) is 0.933. The van der Waals surface area contributed by atoms with Gasteiger partial charge in [-0.1, -0.05) is 13.3 Å². The molecule has 0 bridgehead atoms. The minimum Gasteiger partial charge on any atom is -0.481 e. The largest absolute Gasteiger partial charge is 0.481 e. The molecule has 2 fully saturated rings. The number of nitrogens with zero attached hydrogens (tertiary/aromatic N) is 1. The van der Waals surface area contributed by atoms with Gasteiger partial charge in [-0.15, -0.1) is 0 Å². The molecule has 0 aromatic heterocycles. The van der Waals surface area contributed by atoms with Crippen molar-refractivity contribution in [1.82, 2.24) is 4.90 Å². The van der Waals surface area contributed by atoms with Crippen LogP contribution in [0.2, 0.25) is 0 Å². The van der Waals surface area contributed by atoms with Gasteiger partial charge in [0.2, 0.25) is 0 Å². The van der Waals surface area contributed by atoms with E-state index in [-0.39, 0.29) is 0 Å². The lowest BCUT2D eigenvalue weighted by Crippen LogP contribution is -2.45. The first-order chi connectivity index (χ1) is 8.97. The maximum Gasteiger partial charge on any atom is 0.310 e. The van der Waals surface area contributed by atoms with Gasteiger partial charge in [0.1, 0.15) is 0 Å². The van der Waals surface area contributed by atoms with Crippen molar-refractivity contribution in [3.63, 3.8) is 0 Å². The Labute approximate surface area is 116 Å². The van der Waals surface area contributed by atoms with Gasteiger partial charge >= 0.3 is 5.97 Å². The molecule has 0 amide bonds. The van der Waals surface area contributed by atoms with Gasteiger partial charge in [-0.25, -0.2) is 0 Å². The fourth-order valence-corrected chi connectivity index (χ4v) is 3.85. The summed E-state index contributed by atoms with van der Waals surface area (Å²) in [5.74, 6) is -0.606. The van der Waals surface area contributed by atoms with Crippen molar-refractivity contribution in [1.29, 1.82) is 0 Å². The van der Waals surface area contributed by atoms with Crippen LogP contribution in [0.25, 0.3) is 0 Å². The molecule has 0 aromatic rings. The highest BCUT2D eigenvalue weighted by molar-refractivity contribution is 5.75. The molecular weight excluding hydrogens is 242 g/mol. The summed E-state index contributed by atoms with van der Waals surface area (Å²) in [5, 5.41) is 9.56. The zero-order chi connectivity index (χ0) is 14.0. The quantitative estimate of drug-likeness (QED) is 0.852. The molecule has 0 spiro atoms. The van der Waals surface area contributed by atoms with Crippen LogP contribution in [-0.2, 0) is 9.53 Å². The summed E-state index contributed by atoms with van der Waals surface area (Å²) >= 11 is 0. The zero-order valence-electron chi connectivity index (χ0n) is 12.4. The van der Waals surface area contributed by atoms with Gasteiger partial charge in [0, 0.05) is 12.6 Å². The Hall–Kier alpha value is -0.610. The van der Waals surface area contributed by atoms with E-state index in [1.165, 1.54) is 0 Å². The molecule has 2 rings (SSSR count). The smallest absolute Gasteiger partial charge is 0.310 e. The Morgan fingerprint density at radius 3 is 2.53 bits per heavy atom. The second-order valence-corrected chi connectivity index (χ2v) is 6.44. The van der Waals surface area contributed by atoms with Crippen LogP contribution in [0.5, 0.6) is 0 Å². The molecule has 2 aliphatic heterocycles. The maximum atomic E-state index is 11.6. The molecule has 2 aliphatic rings. The third-order valence-electron chi connectivity index (χ3n) is 4.75. The fourth-order valence-electron chi connectivity index (χ4n) is 3.85. The van der Waals surface area contributed by atoms with Crippen molar-refractivity contribution in [3.8, 4) is 0 Å². The van der Waals surface area contributed by atoms with E-state index in [9.17, 15) is 9.90 Å². The highest BCUT2D eigenvalue weighted by Crippen LogP contribution is 2.38. The van der Waals surface area contributed by atoms with Crippen LogP contribution in [0.4, 0.5) is 0 Å². The van der Waals surface area contributed by atoms with Crippen molar-refractivity contribution in [3.05, 3.63) is 0 Å². The molecule has 3 unspecified atom stereocenters. The van der Waals surface area contributed by atoms with Crippen LogP contribution in [-0.4, -0.2) is 47.3 Å². The Bertz CT molecular complexity index is 323. The number of likely N-dealkylation sites (tertiary alicyclic amines) is 1. The summed E-state index contributed by atoms with van der Waals surface area (Å²) in [5.41, 5.74) is -0.500. The number of rotatable bonds is 4. The average molecular weight is 269 g/mol. The third kappa shape index (κ3) is 3.11. The molecule has 0 radical (unpaired) electrons. The molecular formula is C15H27NO3. The molecule has 2 saturated heterocycles. The lowest BCUT2D eigenvalue weighted by atomic mass is 9.82. The van der Waals surface area contributed by atoms with Gasteiger partial charge < -0.3 is 9.84 Å². The maximum absolute atomic E-state index is 11.6. The van der Waals surface area contributed by atoms with Gasteiger partial charge in [-0.3, -0.25) is 9.69 Å². The van der Waals surface area contributed by atoms with Crippen molar-refractivity contribution >= 4 is 5.97 Å². The summed E-state index contributed by atoms with van der Waals surface area (Å²) < 4.78 is 5.78. The SMILES string of the molecule is CCCC1(C(=O)O)CCN(C2CC(C)OC(C)C2)C1. The second kappa shape index (κ2) is 5.80. The highest BCUT2D eigenvalue weighted by Gasteiger charge is 2.46. The number of hydrogen-bond donors (Lipinski definition) is 1. The van der Waals surface area contributed by atoms with E-state index in [1.54, 1.807) is 0 Å². The zero-order valence-corrected chi connectivity index (χ0v) is 12.4. The lowest BCUT2D eigenvalue weighted by molar-refractivity contribution is -0.149. The molecule has 3 atom stereocenters. The molecule has 110 valence electrons. The summed E-state index contributed by atoms with van der Waals surface area (Å²) in [7, 11) is 0. The molecule has 0 saturated carbocycles. The normalized spacial score (nSPS) is 40.5. The Kier molecular flexibility index (Phi) is 4.51. The minimum absolute atomic E-state index is 0.291. The van der Waals surface area contributed by atoms with Gasteiger partial charge in [-0.05, 0) is 46.1 Å². The van der Waals surface area contributed by atoms with E-state index in [1.807, 2.05) is 0 Å². The van der Waals surface area contributed by atoms with Gasteiger partial charge in [0.05, 0.1) is 17.6 Å². The van der Waals surface area contributed by atoms with E-state index in [2.05, 4.69) is 25.7 Å². The predicted octanol–water partition coefficient (Wildman–Crippen LogP) is 2.52. The molecule has 2 heterocycles. The van der Waals surface area contributed by atoms with E-state index < -0.39 is 11.4 Å². The molecule has 4 nitrogen and oxygen atoms in total. The van der Waals surface area contributed by atoms with Crippen molar-refractivity contribution in [2.45, 2.75) is 71.1 Å². The van der Waals surface area contributed by atoms with Gasteiger partial charge in [0.25, 0.3) is 0 Å². The molecule has 19 heavy (non-hydrogen) atoms. The molecule has 0 aromatic carbocycles. The summed E-state index contributed by atoms with van der Waals surface area (Å²) in [6, 6.07) is 0.497. The summed E-state index contributed by atoms with van der Waals surface area (Å²) in [6.07, 6.45) is 5.20. The topological polar surface area (TPSA) is 49.8 Å². The van der Waals surface area contributed by atoms with Crippen LogP contribution >= 0.6 is 0 Å². The Balaban J connectivity index is 2.02. The third-order valence-corrected chi connectivity index (χ3v) is 4.75. The first-order valence-electron chi connectivity index (χ1n) is 7.60. The summed E-state index contributed by atoms with van der Waals surface area (Å²) in [4.78, 5) is 14.0. The molecule has 4 heteroatoms. The van der Waals surface area contributed by atoms with Crippen molar-refractivity contribution in [2.75, 3.05) is 13.1 Å². The number of carboxylic acids is 1.